The van der Waals surface area contributed by atoms with Gasteiger partial charge in [0.1, 0.15) is 12.4 Å². The van der Waals surface area contributed by atoms with Crippen molar-refractivity contribution in [2.45, 2.75) is 13.8 Å². The van der Waals surface area contributed by atoms with Crippen molar-refractivity contribution in [2.75, 3.05) is 52.9 Å². The van der Waals surface area contributed by atoms with Crippen LogP contribution < -0.4 is 24.3 Å². The van der Waals surface area contributed by atoms with Crippen LogP contribution in [0.1, 0.15) is 24.2 Å². The van der Waals surface area contributed by atoms with E-state index in [4.69, 9.17) is 18.9 Å². The highest BCUT2D eigenvalue weighted by molar-refractivity contribution is 6.05. The van der Waals surface area contributed by atoms with Crippen LogP contribution in [-0.2, 0) is 0 Å². The van der Waals surface area contributed by atoms with Gasteiger partial charge in [-0.15, -0.1) is 0 Å². The van der Waals surface area contributed by atoms with Crippen LogP contribution in [0, 0.1) is 0 Å². The van der Waals surface area contributed by atoms with Crippen molar-refractivity contribution >= 4 is 11.6 Å². The third-order valence-electron chi connectivity index (χ3n) is 4.61. The number of nitrogens with zero attached hydrogens (tertiary/aromatic N) is 1. The predicted molar refractivity (Wildman–Crippen MR) is 114 cm³/mol. The zero-order valence-corrected chi connectivity index (χ0v) is 17.8. The zero-order valence-electron chi connectivity index (χ0n) is 17.8. The monoisotopic (exact) mass is 402 g/mol. The molecule has 7 heteroatoms. The van der Waals surface area contributed by atoms with Crippen LogP contribution in [-0.4, -0.2) is 58.4 Å². The lowest BCUT2D eigenvalue weighted by Gasteiger charge is -2.18. The zero-order chi connectivity index (χ0) is 21.2. The van der Waals surface area contributed by atoms with Gasteiger partial charge in [-0.1, -0.05) is 13.8 Å². The number of amides is 1. The number of likely N-dealkylation sites (N-methyl/N-ethyl adjacent to an activating group) is 1. The number of hydrogen-bond donors (Lipinski definition) is 1. The Bertz CT molecular complexity index is 763. The van der Waals surface area contributed by atoms with Gasteiger partial charge in [-0.3, -0.25) is 4.79 Å². The first kappa shape index (κ1) is 22.4. The second kappa shape index (κ2) is 11.2. The number of ether oxygens (including phenoxy) is 4. The topological polar surface area (TPSA) is 69.3 Å². The van der Waals surface area contributed by atoms with E-state index in [2.05, 4.69) is 24.1 Å². The van der Waals surface area contributed by atoms with E-state index in [9.17, 15) is 4.79 Å². The molecule has 0 radical (unpaired) electrons. The van der Waals surface area contributed by atoms with E-state index in [-0.39, 0.29) is 5.91 Å². The van der Waals surface area contributed by atoms with Gasteiger partial charge in [0.05, 0.1) is 21.3 Å². The molecule has 0 atom stereocenters. The highest BCUT2D eigenvalue weighted by Crippen LogP contribution is 2.38. The predicted octanol–water partition coefficient (Wildman–Crippen LogP) is 3.69. The second-order valence-corrected chi connectivity index (χ2v) is 6.27. The van der Waals surface area contributed by atoms with E-state index in [1.54, 1.807) is 12.1 Å². The largest absolute Gasteiger partial charge is 0.493 e. The summed E-state index contributed by atoms with van der Waals surface area (Å²) in [4.78, 5) is 14.9. The van der Waals surface area contributed by atoms with Crippen LogP contribution in [0.15, 0.2) is 36.4 Å². The van der Waals surface area contributed by atoms with E-state index < -0.39 is 0 Å². The van der Waals surface area contributed by atoms with Crippen LogP contribution >= 0.6 is 0 Å². The Labute approximate surface area is 172 Å². The van der Waals surface area contributed by atoms with Crippen LogP contribution in [0.25, 0.3) is 0 Å². The minimum atomic E-state index is -0.278. The number of benzene rings is 2. The normalized spacial score (nSPS) is 10.6. The maximum atomic E-state index is 12.6. The molecule has 0 spiro atoms. The molecule has 0 saturated carbocycles. The van der Waals surface area contributed by atoms with Gasteiger partial charge in [-0.2, -0.15) is 0 Å². The fourth-order valence-corrected chi connectivity index (χ4v) is 2.88. The van der Waals surface area contributed by atoms with E-state index in [0.29, 0.717) is 35.1 Å². The first-order chi connectivity index (χ1) is 14.1. The van der Waals surface area contributed by atoms with E-state index >= 15 is 0 Å². The van der Waals surface area contributed by atoms with Crippen LogP contribution in [0.3, 0.4) is 0 Å². The molecule has 29 heavy (non-hydrogen) atoms. The first-order valence-corrected chi connectivity index (χ1v) is 9.62. The Morgan fingerprint density at radius 3 is 2.00 bits per heavy atom. The fraction of sp³-hybridized carbons (Fsp3) is 0.409. The Morgan fingerprint density at radius 1 is 0.931 bits per heavy atom. The van der Waals surface area contributed by atoms with Gasteiger partial charge in [0, 0.05) is 17.8 Å². The molecule has 1 N–H and O–H groups in total. The van der Waals surface area contributed by atoms with Crippen LogP contribution in [0.2, 0.25) is 0 Å². The SMILES string of the molecule is CCN(CC)CCOc1ccc(NC(=O)c2cc(OC)c(OC)c(OC)c2)cc1. The second-order valence-electron chi connectivity index (χ2n) is 6.27. The smallest absolute Gasteiger partial charge is 0.255 e. The third-order valence-corrected chi connectivity index (χ3v) is 4.61. The van der Waals surface area contributed by atoms with Gasteiger partial charge >= 0.3 is 0 Å². The van der Waals surface area contributed by atoms with Crippen molar-refractivity contribution in [2.24, 2.45) is 0 Å². The standard InChI is InChI=1S/C22H30N2O5/c1-6-24(7-2)12-13-29-18-10-8-17(9-11-18)23-22(25)16-14-19(26-3)21(28-5)20(15-16)27-4/h8-11,14-15H,6-7,12-13H2,1-5H3,(H,23,25). The van der Waals surface area contributed by atoms with E-state index in [0.717, 1.165) is 25.4 Å². The summed E-state index contributed by atoms with van der Waals surface area (Å²) < 4.78 is 21.7. The Hall–Kier alpha value is -2.93. The van der Waals surface area contributed by atoms with Gasteiger partial charge in [-0.25, -0.2) is 0 Å². The average Bonchev–Trinajstić information content (AvgIpc) is 2.76. The summed E-state index contributed by atoms with van der Waals surface area (Å²) in [5, 5.41) is 2.86. The third kappa shape index (κ3) is 6.02. The van der Waals surface area contributed by atoms with Crippen molar-refractivity contribution in [3.63, 3.8) is 0 Å². The molecule has 158 valence electrons. The molecule has 7 nitrogen and oxygen atoms in total. The maximum absolute atomic E-state index is 12.6. The van der Waals surface area contributed by atoms with Gasteiger partial charge in [0.15, 0.2) is 11.5 Å². The quantitative estimate of drug-likeness (QED) is 0.618. The van der Waals surface area contributed by atoms with Gasteiger partial charge < -0.3 is 29.2 Å². The number of carbonyl (C=O) groups is 1. The highest BCUT2D eigenvalue weighted by atomic mass is 16.5. The summed E-state index contributed by atoms with van der Waals surface area (Å²) in [7, 11) is 4.54. The number of hydrogen-bond acceptors (Lipinski definition) is 6. The lowest BCUT2D eigenvalue weighted by Crippen LogP contribution is -2.27. The summed E-state index contributed by atoms with van der Waals surface area (Å²) in [6, 6.07) is 10.5. The van der Waals surface area contributed by atoms with Crippen molar-refractivity contribution in [3.8, 4) is 23.0 Å². The molecule has 0 aliphatic rings. The molecule has 2 rings (SSSR count). The lowest BCUT2D eigenvalue weighted by atomic mass is 10.1. The summed E-state index contributed by atoms with van der Waals surface area (Å²) in [6.07, 6.45) is 0. The molecule has 0 unspecified atom stereocenters. The van der Waals surface area contributed by atoms with Crippen molar-refractivity contribution < 1.29 is 23.7 Å². The average molecular weight is 402 g/mol. The molecule has 0 heterocycles. The molecule has 0 fully saturated rings. The van der Waals surface area contributed by atoms with Crippen LogP contribution in [0.4, 0.5) is 5.69 Å². The molecular formula is C22H30N2O5. The molecule has 0 saturated heterocycles. The number of carbonyl (C=O) groups excluding carboxylic acids is 1. The maximum Gasteiger partial charge on any atom is 0.255 e. The Balaban J connectivity index is 2.02. The van der Waals surface area contributed by atoms with Crippen molar-refractivity contribution in [1.29, 1.82) is 0 Å². The van der Waals surface area contributed by atoms with Gasteiger partial charge in [0.25, 0.3) is 5.91 Å². The van der Waals surface area contributed by atoms with Crippen molar-refractivity contribution in [3.05, 3.63) is 42.0 Å². The number of methoxy groups -OCH3 is 3. The fourth-order valence-electron chi connectivity index (χ4n) is 2.88. The van der Waals surface area contributed by atoms with Crippen LogP contribution in [0.5, 0.6) is 23.0 Å². The minimum Gasteiger partial charge on any atom is -0.493 e. The summed E-state index contributed by atoms with van der Waals surface area (Å²) in [5.74, 6) is 1.78. The number of rotatable bonds is 11. The molecule has 0 aliphatic carbocycles. The number of nitrogens with one attached hydrogen (secondary N) is 1. The van der Waals surface area contributed by atoms with E-state index in [1.165, 1.54) is 21.3 Å². The van der Waals surface area contributed by atoms with Gasteiger partial charge in [-0.05, 0) is 49.5 Å². The molecule has 0 bridgehead atoms. The molecule has 0 aliphatic heterocycles. The molecule has 1 amide bonds. The summed E-state index contributed by atoms with van der Waals surface area (Å²) in [5.41, 5.74) is 1.07. The highest BCUT2D eigenvalue weighted by Gasteiger charge is 2.17. The summed E-state index contributed by atoms with van der Waals surface area (Å²) in [6.45, 7) is 7.78. The number of anilines is 1. The van der Waals surface area contributed by atoms with Gasteiger partial charge in [0.2, 0.25) is 5.75 Å². The first-order valence-electron chi connectivity index (χ1n) is 9.62. The van der Waals surface area contributed by atoms with Crippen molar-refractivity contribution in [1.82, 2.24) is 4.90 Å². The minimum absolute atomic E-state index is 0.278. The molecular weight excluding hydrogens is 372 g/mol. The molecule has 2 aromatic rings. The lowest BCUT2D eigenvalue weighted by molar-refractivity contribution is 0.102. The van der Waals surface area contributed by atoms with E-state index in [1.807, 2.05) is 24.3 Å². The molecule has 0 aromatic heterocycles. The molecule has 2 aromatic carbocycles. The Morgan fingerprint density at radius 2 is 1.52 bits per heavy atom. The Kier molecular flexibility index (Phi) is 8.61. The summed E-state index contributed by atoms with van der Waals surface area (Å²) >= 11 is 0.